The van der Waals surface area contributed by atoms with Crippen molar-refractivity contribution in [3.8, 4) is 0 Å². The zero-order valence-electron chi connectivity index (χ0n) is 5.85. The van der Waals surface area contributed by atoms with E-state index in [1.165, 1.54) is 5.57 Å². The molecule has 0 amide bonds. The van der Waals surface area contributed by atoms with E-state index in [0.717, 1.165) is 18.5 Å². The molecule has 2 N–H and O–H groups in total. The molecule has 0 radical (unpaired) electrons. The van der Waals surface area contributed by atoms with Crippen molar-refractivity contribution in [2.45, 2.75) is 19.8 Å². The molecule has 0 fully saturated rings. The third-order valence-electron chi connectivity index (χ3n) is 1.56. The SMILES string of the molecule is C=C1CC(N)=C[C@@H](C)C1. The van der Waals surface area contributed by atoms with E-state index in [1.807, 2.05) is 0 Å². The molecule has 0 heterocycles. The summed E-state index contributed by atoms with van der Waals surface area (Å²) in [7, 11) is 0. The van der Waals surface area contributed by atoms with Gasteiger partial charge in [0.05, 0.1) is 0 Å². The first-order valence-corrected chi connectivity index (χ1v) is 3.31. The Balaban J connectivity index is 2.67. The van der Waals surface area contributed by atoms with E-state index in [-0.39, 0.29) is 0 Å². The minimum atomic E-state index is 0.603. The smallest absolute Gasteiger partial charge is 0.00838 e. The predicted octanol–water partition coefficient (Wildman–Crippen LogP) is 1.82. The molecule has 9 heavy (non-hydrogen) atoms. The van der Waals surface area contributed by atoms with Crippen LogP contribution in [-0.2, 0) is 0 Å². The number of nitrogens with two attached hydrogens (primary N) is 1. The topological polar surface area (TPSA) is 26.0 Å². The van der Waals surface area contributed by atoms with E-state index in [0.29, 0.717) is 5.92 Å². The van der Waals surface area contributed by atoms with Gasteiger partial charge in [0, 0.05) is 12.1 Å². The quantitative estimate of drug-likeness (QED) is 0.488. The van der Waals surface area contributed by atoms with Crippen LogP contribution in [0.25, 0.3) is 0 Å². The van der Waals surface area contributed by atoms with Gasteiger partial charge in [-0.15, -0.1) is 0 Å². The van der Waals surface area contributed by atoms with Gasteiger partial charge >= 0.3 is 0 Å². The van der Waals surface area contributed by atoms with Gasteiger partial charge in [-0.1, -0.05) is 25.2 Å². The molecule has 50 valence electrons. The molecule has 1 heteroatoms. The molecule has 0 aliphatic heterocycles. The lowest BCUT2D eigenvalue weighted by atomic mass is 9.92. The first kappa shape index (κ1) is 6.40. The number of hydrogen-bond acceptors (Lipinski definition) is 1. The molecule has 1 aliphatic carbocycles. The van der Waals surface area contributed by atoms with Crippen molar-refractivity contribution in [2.75, 3.05) is 0 Å². The third-order valence-corrected chi connectivity index (χ3v) is 1.56. The van der Waals surface area contributed by atoms with E-state index < -0.39 is 0 Å². The fraction of sp³-hybridized carbons (Fsp3) is 0.500. The van der Waals surface area contributed by atoms with Crippen molar-refractivity contribution in [3.63, 3.8) is 0 Å². The van der Waals surface area contributed by atoms with Gasteiger partial charge in [-0.3, -0.25) is 0 Å². The first-order valence-electron chi connectivity index (χ1n) is 3.31. The minimum Gasteiger partial charge on any atom is -0.402 e. The third kappa shape index (κ3) is 1.60. The Morgan fingerprint density at radius 1 is 1.78 bits per heavy atom. The van der Waals surface area contributed by atoms with Gasteiger partial charge in [-0.2, -0.15) is 0 Å². The molecule has 0 aromatic carbocycles. The predicted molar refractivity (Wildman–Crippen MR) is 39.8 cm³/mol. The molecule has 1 atom stereocenters. The Morgan fingerprint density at radius 2 is 2.44 bits per heavy atom. The standard InChI is InChI=1S/C8H13N/c1-6-3-7(2)5-8(9)4-6/h5,7H,1,3-4,9H2,2H3/t7-/m0/s1. The van der Waals surface area contributed by atoms with Crippen LogP contribution in [-0.4, -0.2) is 0 Å². The van der Waals surface area contributed by atoms with Gasteiger partial charge in [-0.25, -0.2) is 0 Å². The van der Waals surface area contributed by atoms with Crippen molar-refractivity contribution in [1.29, 1.82) is 0 Å². The average molecular weight is 123 g/mol. The molecule has 1 rings (SSSR count). The monoisotopic (exact) mass is 123 g/mol. The van der Waals surface area contributed by atoms with Gasteiger partial charge < -0.3 is 5.73 Å². The number of hydrogen-bond donors (Lipinski definition) is 1. The lowest BCUT2D eigenvalue weighted by Gasteiger charge is -2.16. The van der Waals surface area contributed by atoms with Gasteiger partial charge in [0.1, 0.15) is 0 Å². The van der Waals surface area contributed by atoms with Crippen LogP contribution in [0.15, 0.2) is 23.9 Å². The van der Waals surface area contributed by atoms with Crippen LogP contribution in [0, 0.1) is 5.92 Å². The lowest BCUT2D eigenvalue weighted by molar-refractivity contribution is 0.665. The Kier molecular flexibility index (Phi) is 1.60. The number of allylic oxidation sites excluding steroid dienone is 2. The van der Waals surface area contributed by atoms with Crippen molar-refractivity contribution >= 4 is 0 Å². The Labute approximate surface area is 56.2 Å². The van der Waals surface area contributed by atoms with E-state index >= 15 is 0 Å². The van der Waals surface area contributed by atoms with E-state index in [2.05, 4.69) is 19.6 Å². The summed E-state index contributed by atoms with van der Waals surface area (Å²) in [6.07, 6.45) is 4.14. The molecule has 1 nitrogen and oxygen atoms in total. The van der Waals surface area contributed by atoms with Crippen LogP contribution in [0.3, 0.4) is 0 Å². The van der Waals surface area contributed by atoms with Crippen LogP contribution in [0.5, 0.6) is 0 Å². The minimum absolute atomic E-state index is 0.603. The van der Waals surface area contributed by atoms with E-state index in [4.69, 9.17) is 5.73 Å². The molecule has 0 spiro atoms. The van der Waals surface area contributed by atoms with Gasteiger partial charge in [-0.05, 0) is 12.3 Å². The fourth-order valence-electron chi connectivity index (χ4n) is 1.30. The summed E-state index contributed by atoms with van der Waals surface area (Å²) in [5.74, 6) is 0.603. The molecule has 0 saturated carbocycles. The van der Waals surface area contributed by atoms with Gasteiger partial charge in [0.15, 0.2) is 0 Å². The maximum atomic E-state index is 5.62. The second-order valence-electron chi connectivity index (χ2n) is 2.85. The van der Waals surface area contributed by atoms with Crippen molar-refractivity contribution < 1.29 is 0 Å². The second-order valence-corrected chi connectivity index (χ2v) is 2.85. The molecule has 0 aromatic heterocycles. The normalized spacial score (nSPS) is 27.9. The molecule has 1 aliphatic rings. The fourth-order valence-corrected chi connectivity index (χ4v) is 1.30. The zero-order chi connectivity index (χ0) is 6.85. The molecular weight excluding hydrogens is 110 g/mol. The summed E-state index contributed by atoms with van der Waals surface area (Å²) in [5, 5.41) is 0. The summed E-state index contributed by atoms with van der Waals surface area (Å²) in [4.78, 5) is 0. The summed E-state index contributed by atoms with van der Waals surface area (Å²) < 4.78 is 0. The summed E-state index contributed by atoms with van der Waals surface area (Å²) in [6, 6.07) is 0. The Bertz CT molecular complexity index is 156. The van der Waals surface area contributed by atoms with Gasteiger partial charge in [0.2, 0.25) is 0 Å². The highest BCUT2D eigenvalue weighted by Gasteiger charge is 2.08. The lowest BCUT2D eigenvalue weighted by Crippen LogP contribution is -2.08. The molecule has 0 unspecified atom stereocenters. The first-order chi connectivity index (χ1) is 4.18. The van der Waals surface area contributed by atoms with Crippen LogP contribution < -0.4 is 5.73 Å². The Morgan fingerprint density at radius 3 is 2.89 bits per heavy atom. The molecule has 0 saturated heterocycles. The van der Waals surface area contributed by atoms with E-state index in [1.54, 1.807) is 0 Å². The van der Waals surface area contributed by atoms with Gasteiger partial charge in [0.25, 0.3) is 0 Å². The number of rotatable bonds is 0. The van der Waals surface area contributed by atoms with Crippen molar-refractivity contribution in [3.05, 3.63) is 23.9 Å². The van der Waals surface area contributed by atoms with Crippen LogP contribution in [0.4, 0.5) is 0 Å². The average Bonchev–Trinajstić information content (AvgIpc) is 1.59. The highest BCUT2D eigenvalue weighted by Crippen LogP contribution is 2.22. The second kappa shape index (κ2) is 2.26. The van der Waals surface area contributed by atoms with E-state index in [9.17, 15) is 0 Å². The zero-order valence-corrected chi connectivity index (χ0v) is 5.85. The highest BCUT2D eigenvalue weighted by atomic mass is 14.6. The van der Waals surface area contributed by atoms with Crippen LogP contribution in [0.1, 0.15) is 19.8 Å². The summed E-state index contributed by atoms with van der Waals surface area (Å²) >= 11 is 0. The largest absolute Gasteiger partial charge is 0.402 e. The highest BCUT2D eigenvalue weighted by molar-refractivity contribution is 5.17. The Hall–Kier alpha value is -0.720. The summed E-state index contributed by atoms with van der Waals surface area (Å²) in [5.41, 5.74) is 7.87. The molecule has 0 bridgehead atoms. The molecule has 0 aromatic rings. The van der Waals surface area contributed by atoms with Crippen LogP contribution in [0.2, 0.25) is 0 Å². The van der Waals surface area contributed by atoms with Crippen LogP contribution >= 0.6 is 0 Å². The maximum Gasteiger partial charge on any atom is 0.00838 e. The maximum absolute atomic E-state index is 5.62. The molecular formula is C8H13N. The summed E-state index contributed by atoms with van der Waals surface area (Å²) in [6.45, 7) is 6.06. The van der Waals surface area contributed by atoms with Crippen molar-refractivity contribution in [1.82, 2.24) is 0 Å². The van der Waals surface area contributed by atoms with Crippen molar-refractivity contribution in [2.24, 2.45) is 11.7 Å².